The molecule has 3 fully saturated rings. The molecule has 0 aliphatic heterocycles. The predicted molar refractivity (Wildman–Crippen MR) is 100 cm³/mol. The molecular formula is C20H27ClF2N2O. The van der Waals surface area contributed by atoms with Gasteiger partial charge < -0.3 is 10.6 Å². The highest BCUT2D eigenvalue weighted by molar-refractivity contribution is 5.94. The van der Waals surface area contributed by atoms with Gasteiger partial charge in [0.1, 0.15) is 0 Å². The van der Waals surface area contributed by atoms with Crippen molar-refractivity contribution in [2.24, 2.45) is 5.92 Å². The molecule has 26 heavy (non-hydrogen) atoms. The van der Waals surface area contributed by atoms with Crippen molar-refractivity contribution in [3.63, 3.8) is 0 Å². The number of carbonyl (C=O) groups excluding carboxylic acids is 1. The number of halogens is 3. The van der Waals surface area contributed by atoms with E-state index in [4.69, 9.17) is 0 Å². The van der Waals surface area contributed by atoms with Gasteiger partial charge in [0.2, 0.25) is 5.92 Å². The lowest BCUT2D eigenvalue weighted by atomic mass is 9.92. The monoisotopic (exact) mass is 384 g/mol. The maximum Gasteiger partial charge on any atom is 0.251 e. The second kappa shape index (κ2) is 7.81. The Labute approximate surface area is 159 Å². The molecule has 1 amide bonds. The largest absolute Gasteiger partial charge is 0.349 e. The molecule has 3 aliphatic carbocycles. The Kier molecular flexibility index (Phi) is 5.88. The SMILES string of the molecule is Cl.O=C(NC1CCC(F)(F)CC1)c1cccc([C@@H]2C[C@H]2NCC2CC2)c1. The third-order valence-corrected chi connectivity index (χ3v) is 5.79. The molecule has 2 N–H and O–H groups in total. The van der Waals surface area contributed by atoms with Gasteiger partial charge in [-0.3, -0.25) is 4.79 Å². The van der Waals surface area contributed by atoms with Gasteiger partial charge in [0, 0.05) is 36.4 Å². The minimum Gasteiger partial charge on any atom is -0.349 e. The van der Waals surface area contributed by atoms with Crippen LogP contribution in [0.3, 0.4) is 0 Å². The lowest BCUT2D eigenvalue weighted by Gasteiger charge is -2.28. The van der Waals surface area contributed by atoms with Crippen molar-refractivity contribution in [1.29, 1.82) is 0 Å². The van der Waals surface area contributed by atoms with E-state index in [1.807, 2.05) is 18.2 Å². The lowest BCUT2D eigenvalue weighted by molar-refractivity contribution is -0.0399. The fourth-order valence-electron chi connectivity index (χ4n) is 3.79. The van der Waals surface area contributed by atoms with Gasteiger partial charge in [0.05, 0.1) is 0 Å². The van der Waals surface area contributed by atoms with E-state index < -0.39 is 5.92 Å². The summed E-state index contributed by atoms with van der Waals surface area (Å²) in [7, 11) is 0. The minimum atomic E-state index is -2.56. The number of hydrogen-bond donors (Lipinski definition) is 2. The van der Waals surface area contributed by atoms with Crippen LogP contribution in [0.15, 0.2) is 24.3 Å². The molecule has 144 valence electrons. The first-order valence-electron chi connectivity index (χ1n) is 9.52. The molecule has 0 radical (unpaired) electrons. The Balaban J connectivity index is 0.00000196. The Morgan fingerprint density at radius 3 is 2.58 bits per heavy atom. The van der Waals surface area contributed by atoms with Crippen LogP contribution in [0.25, 0.3) is 0 Å². The summed E-state index contributed by atoms with van der Waals surface area (Å²) in [5, 5.41) is 6.55. The van der Waals surface area contributed by atoms with Crippen molar-refractivity contribution >= 4 is 18.3 Å². The third kappa shape index (κ3) is 4.95. The number of alkyl halides is 2. The number of carbonyl (C=O) groups is 1. The van der Waals surface area contributed by atoms with Crippen molar-refractivity contribution < 1.29 is 13.6 Å². The van der Waals surface area contributed by atoms with Crippen LogP contribution in [0, 0.1) is 5.92 Å². The quantitative estimate of drug-likeness (QED) is 0.768. The van der Waals surface area contributed by atoms with Crippen LogP contribution in [0.5, 0.6) is 0 Å². The van der Waals surface area contributed by atoms with Crippen molar-refractivity contribution in [3.8, 4) is 0 Å². The van der Waals surface area contributed by atoms with Gasteiger partial charge in [-0.15, -0.1) is 12.4 Å². The molecule has 0 bridgehead atoms. The molecule has 1 aromatic rings. The second-order valence-electron chi connectivity index (χ2n) is 8.03. The molecule has 1 aromatic carbocycles. The highest BCUT2D eigenvalue weighted by Gasteiger charge is 2.39. The number of nitrogens with one attached hydrogen (secondary N) is 2. The Morgan fingerprint density at radius 1 is 1.15 bits per heavy atom. The van der Waals surface area contributed by atoms with Gasteiger partial charge in [-0.25, -0.2) is 8.78 Å². The van der Waals surface area contributed by atoms with Crippen LogP contribution in [0.4, 0.5) is 8.78 Å². The molecule has 0 unspecified atom stereocenters. The molecule has 6 heteroatoms. The zero-order chi connectivity index (χ0) is 17.4. The summed E-state index contributed by atoms with van der Waals surface area (Å²) >= 11 is 0. The van der Waals surface area contributed by atoms with Gasteiger partial charge in [-0.2, -0.15) is 0 Å². The highest BCUT2D eigenvalue weighted by atomic mass is 35.5. The molecule has 4 rings (SSSR count). The Morgan fingerprint density at radius 2 is 1.88 bits per heavy atom. The molecule has 2 atom stereocenters. The van der Waals surface area contributed by atoms with E-state index >= 15 is 0 Å². The average Bonchev–Trinajstić information content (AvgIpc) is 3.49. The summed E-state index contributed by atoms with van der Waals surface area (Å²) in [6, 6.07) is 8.20. The number of benzene rings is 1. The van der Waals surface area contributed by atoms with Gasteiger partial charge in [0.25, 0.3) is 5.91 Å². The first-order valence-corrected chi connectivity index (χ1v) is 9.52. The van der Waals surface area contributed by atoms with E-state index in [-0.39, 0.29) is 37.2 Å². The van der Waals surface area contributed by atoms with Crippen LogP contribution in [0.2, 0.25) is 0 Å². The van der Waals surface area contributed by atoms with Gasteiger partial charge >= 0.3 is 0 Å². The first kappa shape index (κ1) is 19.6. The summed E-state index contributed by atoms with van der Waals surface area (Å²) in [5.41, 5.74) is 1.85. The molecule has 3 aliphatic rings. The molecule has 0 saturated heterocycles. The molecule has 0 heterocycles. The summed E-state index contributed by atoms with van der Waals surface area (Å²) in [6.07, 6.45) is 4.29. The van der Waals surface area contributed by atoms with E-state index in [1.165, 1.54) is 18.4 Å². The van der Waals surface area contributed by atoms with E-state index in [1.54, 1.807) is 0 Å². The highest BCUT2D eigenvalue weighted by Crippen LogP contribution is 2.42. The normalized spacial score (nSPS) is 27.5. The van der Waals surface area contributed by atoms with Crippen molar-refractivity contribution in [2.75, 3.05) is 6.54 Å². The zero-order valence-electron chi connectivity index (χ0n) is 14.8. The zero-order valence-corrected chi connectivity index (χ0v) is 15.7. The van der Waals surface area contributed by atoms with Crippen molar-refractivity contribution in [1.82, 2.24) is 10.6 Å². The lowest BCUT2D eigenvalue weighted by Crippen LogP contribution is -2.40. The molecule has 0 aromatic heterocycles. The minimum absolute atomic E-state index is 0. The third-order valence-electron chi connectivity index (χ3n) is 5.79. The topological polar surface area (TPSA) is 41.1 Å². The van der Waals surface area contributed by atoms with Gasteiger partial charge in [-0.05, 0) is 62.3 Å². The maximum absolute atomic E-state index is 13.2. The molecular weight excluding hydrogens is 358 g/mol. The fourth-order valence-corrected chi connectivity index (χ4v) is 3.79. The number of amides is 1. The van der Waals surface area contributed by atoms with Crippen LogP contribution in [0.1, 0.15) is 66.8 Å². The Bertz CT molecular complexity index is 640. The summed E-state index contributed by atoms with van der Waals surface area (Å²) in [6.45, 7) is 1.12. The van der Waals surface area contributed by atoms with E-state index in [9.17, 15) is 13.6 Å². The van der Waals surface area contributed by atoms with Crippen molar-refractivity contribution in [2.45, 2.75) is 68.9 Å². The predicted octanol–water partition coefficient (Wildman–Crippen LogP) is 4.27. The standard InChI is InChI=1S/C20H26F2N2O.ClH/c21-20(22)8-6-16(7-9-20)24-19(25)15-3-1-2-14(10-15)17-11-18(17)23-12-13-4-5-13;/h1-3,10,13,16-18,23H,4-9,11-12H2,(H,24,25);1H/t17-,18+;/m0./s1. The summed E-state index contributed by atoms with van der Waals surface area (Å²) in [4.78, 5) is 12.5. The van der Waals surface area contributed by atoms with E-state index in [2.05, 4.69) is 16.7 Å². The number of hydrogen-bond acceptors (Lipinski definition) is 2. The smallest absolute Gasteiger partial charge is 0.251 e. The van der Waals surface area contributed by atoms with Crippen molar-refractivity contribution in [3.05, 3.63) is 35.4 Å². The van der Waals surface area contributed by atoms with Crippen LogP contribution in [-0.2, 0) is 0 Å². The molecule has 3 saturated carbocycles. The average molecular weight is 385 g/mol. The van der Waals surface area contributed by atoms with Crippen LogP contribution in [-0.4, -0.2) is 30.5 Å². The Hall–Kier alpha value is -1.20. The van der Waals surface area contributed by atoms with Gasteiger partial charge in [0.15, 0.2) is 0 Å². The maximum atomic E-state index is 13.2. The summed E-state index contributed by atoms with van der Waals surface area (Å²) < 4.78 is 26.4. The second-order valence-corrected chi connectivity index (χ2v) is 8.03. The van der Waals surface area contributed by atoms with Crippen LogP contribution >= 0.6 is 12.4 Å². The molecule has 3 nitrogen and oxygen atoms in total. The molecule has 0 spiro atoms. The summed E-state index contributed by atoms with van der Waals surface area (Å²) in [5.74, 6) is -1.32. The fraction of sp³-hybridized carbons (Fsp3) is 0.650. The van der Waals surface area contributed by atoms with Crippen LogP contribution < -0.4 is 10.6 Å². The number of rotatable bonds is 6. The van der Waals surface area contributed by atoms with E-state index in [0.717, 1.165) is 18.9 Å². The van der Waals surface area contributed by atoms with E-state index in [0.29, 0.717) is 30.4 Å². The van der Waals surface area contributed by atoms with Gasteiger partial charge in [-0.1, -0.05) is 12.1 Å². The first-order chi connectivity index (χ1) is 12.0.